The third-order valence-corrected chi connectivity index (χ3v) is 4.66. The van der Waals surface area contributed by atoms with Gasteiger partial charge in [0.2, 0.25) is 0 Å². The number of benzene rings is 1. The molecule has 1 aliphatic rings. The smallest absolute Gasteiger partial charge is 0.143 e. The standard InChI is InChI=1S/C16H22ClN3/c1-11-6-4-9-14-16(11)20(15(10-17)18-14)19-12(2)7-5-8-13(19)3/h4,6,9,12-13H,5,7-8,10H2,1-3H3. The van der Waals surface area contributed by atoms with Gasteiger partial charge in [0.1, 0.15) is 5.82 Å². The predicted octanol–water partition coefficient (Wildman–Crippen LogP) is 3.98. The normalized spacial score (nSPS) is 23.5. The van der Waals surface area contributed by atoms with Crippen LogP contribution < -0.4 is 5.01 Å². The molecule has 2 unspecified atom stereocenters. The number of imidazole rings is 1. The fourth-order valence-electron chi connectivity index (χ4n) is 3.46. The summed E-state index contributed by atoms with van der Waals surface area (Å²) in [5.74, 6) is 1.40. The summed E-state index contributed by atoms with van der Waals surface area (Å²) in [5.41, 5.74) is 3.52. The SMILES string of the molecule is Cc1cccc2nc(CCl)n(N3C(C)CCCC3C)c12. The maximum atomic E-state index is 6.16. The van der Waals surface area contributed by atoms with Gasteiger partial charge in [0.15, 0.2) is 0 Å². The average molecular weight is 292 g/mol. The van der Waals surface area contributed by atoms with Crippen LogP contribution in [0, 0.1) is 6.92 Å². The Labute approximate surface area is 125 Å². The minimum absolute atomic E-state index is 0.448. The summed E-state index contributed by atoms with van der Waals surface area (Å²) in [5, 5.41) is 2.48. The van der Waals surface area contributed by atoms with Gasteiger partial charge in [-0.1, -0.05) is 12.1 Å². The van der Waals surface area contributed by atoms with E-state index in [1.807, 2.05) is 0 Å². The molecule has 20 heavy (non-hydrogen) atoms. The zero-order valence-electron chi connectivity index (χ0n) is 12.4. The van der Waals surface area contributed by atoms with Crippen molar-refractivity contribution in [1.29, 1.82) is 0 Å². The number of halogens is 1. The fourth-order valence-corrected chi connectivity index (χ4v) is 3.63. The van der Waals surface area contributed by atoms with Gasteiger partial charge in [0.25, 0.3) is 0 Å². The molecule has 0 aliphatic carbocycles. The quantitative estimate of drug-likeness (QED) is 0.780. The zero-order valence-corrected chi connectivity index (χ0v) is 13.2. The Morgan fingerprint density at radius 3 is 2.60 bits per heavy atom. The van der Waals surface area contributed by atoms with E-state index < -0.39 is 0 Å². The Hall–Kier alpha value is -1.22. The van der Waals surface area contributed by atoms with Crippen LogP contribution in [-0.2, 0) is 5.88 Å². The molecule has 1 aliphatic heterocycles. The highest BCUT2D eigenvalue weighted by Crippen LogP contribution is 2.28. The van der Waals surface area contributed by atoms with Crippen molar-refractivity contribution >= 4 is 22.6 Å². The molecule has 2 heterocycles. The number of para-hydroxylation sites is 1. The molecule has 0 bridgehead atoms. The minimum Gasteiger partial charge on any atom is -0.305 e. The van der Waals surface area contributed by atoms with Crippen LogP contribution in [0.1, 0.15) is 44.5 Å². The van der Waals surface area contributed by atoms with Gasteiger partial charge in [0.05, 0.1) is 16.9 Å². The first kappa shape index (κ1) is 13.7. The molecule has 0 N–H and O–H groups in total. The maximum Gasteiger partial charge on any atom is 0.143 e. The van der Waals surface area contributed by atoms with Crippen LogP contribution in [0.15, 0.2) is 18.2 Å². The molecular weight excluding hydrogens is 270 g/mol. The lowest BCUT2D eigenvalue weighted by atomic mass is 10.00. The van der Waals surface area contributed by atoms with E-state index in [2.05, 4.69) is 48.7 Å². The molecule has 0 amide bonds. The van der Waals surface area contributed by atoms with Crippen molar-refractivity contribution in [2.45, 2.75) is 58.0 Å². The van der Waals surface area contributed by atoms with E-state index in [0.29, 0.717) is 18.0 Å². The monoisotopic (exact) mass is 291 g/mol. The van der Waals surface area contributed by atoms with Gasteiger partial charge in [-0.2, -0.15) is 0 Å². The largest absolute Gasteiger partial charge is 0.305 e. The molecule has 0 radical (unpaired) electrons. The molecule has 1 aromatic heterocycles. The van der Waals surface area contributed by atoms with E-state index in [1.165, 1.54) is 30.3 Å². The second-order valence-electron chi connectivity index (χ2n) is 5.93. The number of rotatable bonds is 2. The van der Waals surface area contributed by atoms with E-state index in [9.17, 15) is 0 Å². The summed E-state index contributed by atoms with van der Waals surface area (Å²) in [6.45, 7) is 6.76. The number of piperidine rings is 1. The summed E-state index contributed by atoms with van der Waals surface area (Å²) in [6, 6.07) is 7.35. The zero-order chi connectivity index (χ0) is 14.3. The third kappa shape index (κ3) is 2.08. The summed E-state index contributed by atoms with van der Waals surface area (Å²) >= 11 is 6.16. The first-order valence-electron chi connectivity index (χ1n) is 7.45. The highest BCUT2D eigenvalue weighted by Gasteiger charge is 2.28. The Morgan fingerprint density at radius 1 is 1.25 bits per heavy atom. The van der Waals surface area contributed by atoms with Crippen molar-refractivity contribution < 1.29 is 0 Å². The van der Waals surface area contributed by atoms with Crippen LogP contribution in [-0.4, -0.2) is 21.7 Å². The summed E-state index contributed by atoms with van der Waals surface area (Å²) in [7, 11) is 0. The van der Waals surface area contributed by atoms with Gasteiger partial charge < -0.3 is 5.01 Å². The number of nitrogens with zero attached hydrogens (tertiary/aromatic N) is 3. The summed E-state index contributed by atoms with van der Waals surface area (Å²) < 4.78 is 2.28. The molecule has 2 aromatic rings. The summed E-state index contributed by atoms with van der Waals surface area (Å²) in [4.78, 5) is 4.73. The lowest BCUT2D eigenvalue weighted by molar-refractivity contribution is 0.337. The van der Waals surface area contributed by atoms with Crippen molar-refractivity contribution in [3.8, 4) is 0 Å². The first-order valence-corrected chi connectivity index (χ1v) is 7.98. The van der Waals surface area contributed by atoms with Crippen molar-refractivity contribution in [2.75, 3.05) is 5.01 Å². The van der Waals surface area contributed by atoms with E-state index in [1.54, 1.807) is 0 Å². The van der Waals surface area contributed by atoms with Crippen LogP contribution in [0.25, 0.3) is 11.0 Å². The Bertz CT molecular complexity index is 609. The third-order valence-electron chi connectivity index (χ3n) is 4.42. The molecular formula is C16H22ClN3. The molecule has 1 fully saturated rings. The second kappa shape index (κ2) is 5.28. The van der Waals surface area contributed by atoms with Gasteiger partial charge in [-0.3, -0.25) is 0 Å². The first-order chi connectivity index (χ1) is 9.63. The molecule has 108 valence electrons. The summed E-state index contributed by atoms with van der Waals surface area (Å²) in [6.07, 6.45) is 3.77. The number of alkyl halides is 1. The second-order valence-corrected chi connectivity index (χ2v) is 6.19. The fraction of sp³-hybridized carbons (Fsp3) is 0.562. The topological polar surface area (TPSA) is 21.1 Å². The number of fused-ring (bicyclic) bond motifs is 1. The lowest BCUT2D eigenvalue weighted by Gasteiger charge is -2.42. The lowest BCUT2D eigenvalue weighted by Crippen LogP contribution is -2.51. The molecule has 1 aromatic carbocycles. The van der Waals surface area contributed by atoms with Crippen molar-refractivity contribution in [1.82, 2.24) is 9.66 Å². The van der Waals surface area contributed by atoms with E-state index >= 15 is 0 Å². The van der Waals surface area contributed by atoms with E-state index in [0.717, 1.165) is 11.3 Å². The molecule has 3 rings (SSSR count). The average Bonchev–Trinajstić information content (AvgIpc) is 2.79. The number of aromatic nitrogens is 2. The van der Waals surface area contributed by atoms with Crippen LogP contribution in [0.2, 0.25) is 0 Å². The van der Waals surface area contributed by atoms with Crippen molar-refractivity contribution in [3.05, 3.63) is 29.6 Å². The number of hydrogen-bond acceptors (Lipinski definition) is 2. The molecule has 4 heteroatoms. The Morgan fingerprint density at radius 2 is 1.95 bits per heavy atom. The number of hydrogen-bond donors (Lipinski definition) is 0. The molecule has 2 atom stereocenters. The molecule has 0 saturated carbocycles. The van der Waals surface area contributed by atoms with Gasteiger partial charge in [0, 0.05) is 12.1 Å². The highest BCUT2D eigenvalue weighted by atomic mass is 35.5. The van der Waals surface area contributed by atoms with Crippen LogP contribution >= 0.6 is 11.6 Å². The van der Waals surface area contributed by atoms with Crippen LogP contribution in [0.5, 0.6) is 0 Å². The van der Waals surface area contributed by atoms with Crippen LogP contribution in [0.4, 0.5) is 0 Å². The van der Waals surface area contributed by atoms with Crippen molar-refractivity contribution in [2.24, 2.45) is 0 Å². The molecule has 0 spiro atoms. The predicted molar refractivity (Wildman–Crippen MR) is 85.0 cm³/mol. The minimum atomic E-state index is 0.448. The Balaban J connectivity index is 2.23. The van der Waals surface area contributed by atoms with E-state index in [-0.39, 0.29) is 0 Å². The van der Waals surface area contributed by atoms with Crippen molar-refractivity contribution in [3.63, 3.8) is 0 Å². The highest BCUT2D eigenvalue weighted by molar-refractivity contribution is 6.16. The molecule has 1 saturated heterocycles. The van der Waals surface area contributed by atoms with Gasteiger partial charge >= 0.3 is 0 Å². The maximum absolute atomic E-state index is 6.16. The van der Waals surface area contributed by atoms with Crippen LogP contribution in [0.3, 0.4) is 0 Å². The number of aryl methyl sites for hydroxylation is 1. The van der Waals surface area contributed by atoms with Gasteiger partial charge in [-0.25, -0.2) is 9.66 Å². The Kier molecular flexibility index (Phi) is 3.63. The van der Waals surface area contributed by atoms with Gasteiger partial charge in [-0.05, 0) is 51.7 Å². The molecule has 3 nitrogen and oxygen atoms in total. The van der Waals surface area contributed by atoms with E-state index in [4.69, 9.17) is 16.6 Å². The van der Waals surface area contributed by atoms with Gasteiger partial charge in [-0.15, -0.1) is 11.6 Å².